The number of carbonyl (C=O) groups is 1. The van der Waals surface area contributed by atoms with Crippen LogP contribution in [0.15, 0.2) is 84.2 Å². The van der Waals surface area contributed by atoms with Crippen molar-refractivity contribution in [2.45, 2.75) is 0 Å². The summed E-state index contributed by atoms with van der Waals surface area (Å²) in [5, 5.41) is 3.54. The number of carbonyl (C=O) groups excluding carboxylic acids is 1. The van der Waals surface area contributed by atoms with E-state index in [-0.39, 0.29) is 22.2 Å². The highest BCUT2D eigenvalue weighted by Gasteiger charge is 2.15. The van der Waals surface area contributed by atoms with Crippen LogP contribution in [0.2, 0.25) is 5.02 Å². The number of aromatic nitrogens is 4. The van der Waals surface area contributed by atoms with Gasteiger partial charge in [0.2, 0.25) is 5.88 Å². The van der Waals surface area contributed by atoms with Gasteiger partial charge in [0.05, 0.1) is 17.3 Å². The molecule has 0 saturated carbocycles. The quantitative estimate of drug-likeness (QED) is 0.374. The van der Waals surface area contributed by atoms with E-state index in [2.05, 4.69) is 20.3 Å². The van der Waals surface area contributed by atoms with Crippen LogP contribution in [0.4, 0.5) is 10.1 Å². The van der Waals surface area contributed by atoms with Crippen molar-refractivity contribution in [2.24, 2.45) is 0 Å². The van der Waals surface area contributed by atoms with Crippen LogP contribution in [0.1, 0.15) is 10.4 Å². The Morgan fingerprint density at radius 1 is 1.12 bits per heavy atom. The minimum Gasteiger partial charge on any atom is -0.437 e. The Bertz CT molecular complexity index is 1580. The fraction of sp³-hybridized carbons (Fsp3) is 0. The first-order chi connectivity index (χ1) is 16.5. The summed E-state index contributed by atoms with van der Waals surface area (Å²) >= 11 is 6.32. The van der Waals surface area contributed by atoms with Crippen molar-refractivity contribution in [3.63, 3.8) is 0 Å². The third-order valence-corrected chi connectivity index (χ3v) is 5.26. The summed E-state index contributed by atoms with van der Waals surface area (Å²) in [5.41, 5.74) is 0.709. The summed E-state index contributed by atoms with van der Waals surface area (Å²) in [7, 11) is 0. The largest absolute Gasteiger partial charge is 0.437 e. The van der Waals surface area contributed by atoms with Crippen molar-refractivity contribution >= 4 is 34.2 Å². The third kappa shape index (κ3) is 4.12. The van der Waals surface area contributed by atoms with Crippen LogP contribution in [0, 0.1) is 5.82 Å². The Morgan fingerprint density at radius 2 is 1.94 bits per heavy atom. The number of halogens is 2. The lowest BCUT2D eigenvalue weighted by molar-refractivity contribution is 0.102. The zero-order valence-electron chi connectivity index (χ0n) is 17.3. The van der Waals surface area contributed by atoms with E-state index in [1.807, 2.05) is 6.07 Å². The Balaban J connectivity index is 1.37. The van der Waals surface area contributed by atoms with Crippen molar-refractivity contribution in [3.8, 4) is 17.3 Å². The zero-order chi connectivity index (χ0) is 23.7. The maximum Gasteiger partial charge on any atom is 0.267 e. The van der Waals surface area contributed by atoms with Gasteiger partial charge >= 0.3 is 0 Å². The predicted octanol–water partition coefficient (Wildman–Crippen LogP) is 4.95. The van der Waals surface area contributed by atoms with Gasteiger partial charge in [-0.05, 0) is 54.6 Å². The molecule has 0 aliphatic rings. The number of amides is 1. The summed E-state index contributed by atoms with van der Waals surface area (Å²) in [6.45, 7) is 0. The second kappa shape index (κ2) is 8.80. The highest BCUT2D eigenvalue weighted by Crippen LogP contribution is 2.32. The van der Waals surface area contributed by atoms with Gasteiger partial charge in [-0.1, -0.05) is 11.6 Å². The van der Waals surface area contributed by atoms with Crippen LogP contribution in [0.3, 0.4) is 0 Å². The molecule has 0 aliphatic carbocycles. The van der Waals surface area contributed by atoms with Crippen LogP contribution in [-0.4, -0.2) is 25.4 Å². The van der Waals surface area contributed by atoms with Gasteiger partial charge in [0, 0.05) is 24.3 Å². The lowest BCUT2D eigenvalue weighted by Crippen LogP contribution is -2.27. The third-order valence-electron chi connectivity index (χ3n) is 4.99. The van der Waals surface area contributed by atoms with Gasteiger partial charge in [0.25, 0.3) is 11.5 Å². The smallest absolute Gasteiger partial charge is 0.267 e. The first-order valence-electron chi connectivity index (χ1n) is 10.0. The number of anilines is 1. The summed E-state index contributed by atoms with van der Waals surface area (Å²) in [5.74, 6) is -0.407. The number of rotatable bonds is 5. The SMILES string of the molecule is O=C(Nc1cnc(Oc2ccnc3[nH]ccc23)c(Cl)c1)c1cccn(-c2ccc(F)cc2)c1=O. The van der Waals surface area contributed by atoms with E-state index in [1.54, 1.807) is 24.5 Å². The molecule has 0 atom stereocenters. The van der Waals surface area contributed by atoms with Crippen LogP contribution in [0.5, 0.6) is 11.6 Å². The Kier molecular flexibility index (Phi) is 5.52. The van der Waals surface area contributed by atoms with E-state index in [0.29, 0.717) is 17.1 Å². The van der Waals surface area contributed by atoms with Crippen LogP contribution in [0.25, 0.3) is 16.7 Å². The molecule has 5 rings (SSSR count). The Labute approximate surface area is 196 Å². The minimum atomic E-state index is -0.642. The van der Waals surface area contributed by atoms with Gasteiger partial charge in [0.1, 0.15) is 27.8 Å². The normalized spacial score (nSPS) is 10.9. The average Bonchev–Trinajstić information content (AvgIpc) is 3.31. The zero-order valence-corrected chi connectivity index (χ0v) is 18.1. The minimum absolute atomic E-state index is 0.102. The number of pyridine rings is 3. The predicted molar refractivity (Wildman–Crippen MR) is 125 cm³/mol. The van der Waals surface area contributed by atoms with Crippen LogP contribution >= 0.6 is 11.6 Å². The Hall–Kier alpha value is -4.50. The average molecular weight is 476 g/mol. The van der Waals surface area contributed by atoms with Gasteiger partial charge in [-0.15, -0.1) is 0 Å². The molecule has 0 bridgehead atoms. The van der Waals surface area contributed by atoms with Crippen molar-refractivity contribution in [2.75, 3.05) is 5.32 Å². The number of benzene rings is 1. The molecule has 0 fully saturated rings. The fourth-order valence-electron chi connectivity index (χ4n) is 3.37. The van der Waals surface area contributed by atoms with Gasteiger partial charge in [0.15, 0.2) is 0 Å². The molecule has 1 aromatic carbocycles. The summed E-state index contributed by atoms with van der Waals surface area (Å²) in [6.07, 6.45) is 6.20. The Morgan fingerprint density at radius 3 is 2.74 bits per heavy atom. The second-order valence-electron chi connectivity index (χ2n) is 7.19. The number of H-pyrrole nitrogens is 1. The molecule has 2 N–H and O–H groups in total. The molecule has 34 heavy (non-hydrogen) atoms. The van der Waals surface area contributed by atoms with Crippen molar-refractivity contribution in [1.82, 2.24) is 19.5 Å². The molecule has 0 unspecified atom stereocenters. The molecule has 5 aromatic rings. The fourth-order valence-corrected chi connectivity index (χ4v) is 3.57. The molecule has 0 spiro atoms. The standard InChI is InChI=1S/C24H15ClFN5O3/c25-19-12-15(13-29-23(19)34-20-8-10-28-21-17(20)7-9-27-21)30-22(32)18-2-1-11-31(24(18)33)16-5-3-14(26)4-6-16/h1-13H,(H,27,28)(H,30,32). The van der Waals surface area contributed by atoms with Crippen molar-refractivity contribution < 1.29 is 13.9 Å². The number of aromatic amines is 1. The number of hydrogen-bond acceptors (Lipinski definition) is 5. The topological polar surface area (TPSA) is 102 Å². The molecule has 10 heteroatoms. The monoisotopic (exact) mass is 475 g/mol. The summed E-state index contributed by atoms with van der Waals surface area (Å²) in [4.78, 5) is 37.0. The second-order valence-corrected chi connectivity index (χ2v) is 7.60. The van der Waals surface area contributed by atoms with Gasteiger partial charge in [-0.25, -0.2) is 14.4 Å². The maximum absolute atomic E-state index is 13.2. The number of nitrogens with zero attached hydrogens (tertiary/aromatic N) is 3. The van der Waals surface area contributed by atoms with E-state index in [0.717, 1.165) is 5.39 Å². The van der Waals surface area contributed by atoms with Crippen molar-refractivity contribution in [1.29, 1.82) is 0 Å². The van der Waals surface area contributed by atoms with E-state index < -0.39 is 17.3 Å². The molecule has 4 heterocycles. The highest BCUT2D eigenvalue weighted by molar-refractivity contribution is 6.32. The molecule has 8 nitrogen and oxygen atoms in total. The molecule has 168 valence electrons. The summed E-state index contributed by atoms with van der Waals surface area (Å²) in [6, 6.07) is 13.3. The number of ether oxygens (including phenoxy) is 1. The number of nitrogens with one attached hydrogen (secondary N) is 2. The van der Waals surface area contributed by atoms with Crippen molar-refractivity contribution in [3.05, 3.63) is 106 Å². The molecular formula is C24H15ClFN5O3. The van der Waals surface area contributed by atoms with Gasteiger partial charge in [-0.2, -0.15) is 0 Å². The molecule has 0 aliphatic heterocycles. The molecular weight excluding hydrogens is 461 g/mol. The van der Waals surface area contributed by atoms with E-state index >= 15 is 0 Å². The lowest BCUT2D eigenvalue weighted by Gasteiger charge is -2.11. The number of fused-ring (bicyclic) bond motifs is 1. The van der Waals surface area contributed by atoms with Crippen LogP contribution in [-0.2, 0) is 0 Å². The summed E-state index contributed by atoms with van der Waals surface area (Å²) < 4.78 is 20.3. The van der Waals surface area contributed by atoms with E-state index in [4.69, 9.17) is 16.3 Å². The molecule has 0 radical (unpaired) electrons. The first-order valence-corrected chi connectivity index (χ1v) is 10.4. The molecule has 0 saturated heterocycles. The first kappa shape index (κ1) is 21.4. The van der Waals surface area contributed by atoms with Gasteiger partial charge in [-0.3, -0.25) is 14.2 Å². The molecule has 4 aromatic heterocycles. The van der Waals surface area contributed by atoms with E-state index in [1.165, 1.54) is 53.4 Å². The van der Waals surface area contributed by atoms with Gasteiger partial charge < -0.3 is 15.0 Å². The lowest BCUT2D eigenvalue weighted by atomic mass is 10.2. The highest BCUT2D eigenvalue weighted by atomic mass is 35.5. The molecule has 1 amide bonds. The van der Waals surface area contributed by atoms with E-state index in [9.17, 15) is 14.0 Å². The van der Waals surface area contributed by atoms with Crippen LogP contribution < -0.4 is 15.6 Å². The maximum atomic E-state index is 13.2. The number of hydrogen-bond donors (Lipinski definition) is 2.